The SMILES string of the molecule is CC(C(=O)NC1CCCC1)N(Cc1ccc(F)cc1)C(=O)CCCN(c1ccc(F)cc1)S(C)(=O)=O. The van der Waals surface area contributed by atoms with E-state index in [4.69, 9.17) is 0 Å². The van der Waals surface area contributed by atoms with E-state index in [0.717, 1.165) is 36.2 Å². The molecule has 1 aliphatic carbocycles. The van der Waals surface area contributed by atoms with E-state index in [-0.39, 0.29) is 43.8 Å². The van der Waals surface area contributed by atoms with Crippen LogP contribution in [0, 0.1) is 11.6 Å². The van der Waals surface area contributed by atoms with Gasteiger partial charge in [0.25, 0.3) is 0 Å². The van der Waals surface area contributed by atoms with Crippen LogP contribution in [0.5, 0.6) is 0 Å². The molecule has 0 bridgehead atoms. The minimum Gasteiger partial charge on any atom is -0.352 e. The number of hydrogen-bond acceptors (Lipinski definition) is 4. The van der Waals surface area contributed by atoms with Crippen LogP contribution in [0.25, 0.3) is 0 Å². The third kappa shape index (κ3) is 7.74. The van der Waals surface area contributed by atoms with Crippen LogP contribution < -0.4 is 9.62 Å². The number of nitrogens with zero attached hydrogens (tertiary/aromatic N) is 2. The van der Waals surface area contributed by atoms with Crippen molar-refractivity contribution in [2.75, 3.05) is 17.1 Å². The standard InChI is InChI=1S/C26H33F2N3O4S/c1-19(26(33)29-23-6-3-4-7-23)30(18-20-9-11-21(27)12-10-20)25(32)8-5-17-31(36(2,34)35)24-15-13-22(28)14-16-24/h9-16,19,23H,3-8,17-18H2,1-2H3,(H,29,33). The Kier molecular flexibility index (Phi) is 9.42. The average Bonchev–Trinajstić information content (AvgIpc) is 3.34. The molecule has 1 saturated carbocycles. The number of rotatable bonds is 11. The van der Waals surface area contributed by atoms with E-state index in [9.17, 15) is 26.8 Å². The van der Waals surface area contributed by atoms with Crippen LogP contribution in [-0.2, 0) is 26.2 Å². The summed E-state index contributed by atoms with van der Waals surface area (Å²) in [6, 6.07) is 10.2. The molecule has 36 heavy (non-hydrogen) atoms. The molecule has 0 aliphatic heterocycles. The van der Waals surface area contributed by atoms with Crippen molar-refractivity contribution in [1.29, 1.82) is 0 Å². The van der Waals surface area contributed by atoms with Crippen molar-refractivity contribution in [1.82, 2.24) is 10.2 Å². The van der Waals surface area contributed by atoms with Gasteiger partial charge in [0.05, 0.1) is 11.9 Å². The van der Waals surface area contributed by atoms with Crippen LogP contribution in [0.2, 0.25) is 0 Å². The van der Waals surface area contributed by atoms with E-state index in [1.807, 2.05) is 0 Å². The van der Waals surface area contributed by atoms with Crippen molar-refractivity contribution in [3.05, 3.63) is 65.7 Å². The maximum atomic E-state index is 13.4. The lowest BCUT2D eigenvalue weighted by Crippen LogP contribution is -2.49. The quantitative estimate of drug-likeness (QED) is 0.485. The molecule has 0 heterocycles. The topological polar surface area (TPSA) is 86.8 Å². The minimum atomic E-state index is -3.66. The van der Waals surface area contributed by atoms with E-state index in [2.05, 4.69) is 5.32 Å². The Hall–Kier alpha value is -3.01. The fourth-order valence-electron chi connectivity index (χ4n) is 4.37. The maximum absolute atomic E-state index is 13.4. The van der Waals surface area contributed by atoms with Crippen molar-refractivity contribution in [2.45, 2.75) is 64.1 Å². The Morgan fingerprint density at radius 3 is 2.11 bits per heavy atom. The van der Waals surface area contributed by atoms with Crippen molar-refractivity contribution >= 4 is 27.5 Å². The number of carbonyl (C=O) groups is 2. The van der Waals surface area contributed by atoms with Gasteiger partial charge in [0.15, 0.2) is 0 Å². The zero-order chi connectivity index (χ0) is 26.3. The molecule has 1 aliphatic rings. The Bertz CT molecular complexity index is 1130. The van der Waals surface area contributed by atoms with E-state index in [1.165, 1.54) is 41.3 Å². The second kappa shape index (κ2) is 12.3. The summed E-state index contributed by atoms with van der Waals surface area (Å²) < 4.78 is 52.4. The van der Waals surface area contributed by atoms with Crippen molar-refractivity contribution in [2.24, 2.45) is 0 Å². The van der Waals surface area contributed by atoms with Crippen molar-refractivity contribution in [3.63, 3.8) is 0 Å². The fourth-order valence-corrected chi connectivity index (χ4v) is 5.34. The van der Waals surface area contributed by atoms with Gasteiger partial charge in [-0.1, -0.05) is 25.0 Å². The second-order valence-corrected chi connectivity index (χ2v) is 11.1. The second-order valence-electron chi connectivity index (χ2n) is 9.23. The molecule has 2 amide bonds. The molecule has 0 aromatic heterocycles. The van der Waals surface area contributed by atoms with Gasteiger partial charge in [-0.05, 0) is 68.1 Å². The summed E-state index contributed by atoms with van der Waals surface area (Å²) in [4.78, 5) is 27.6. The summed E-state index contributed by atoms with van der Waals surface area (Å²) in [5.41, 5.74) is 0.980. The lowest BCUT2D eigenvalue weighted by Gasteiger charge is -2.30. The molecule has 0 saturated heterocycles. The Balaban J connectivity index is 1.70. The first-order chi connectivity index (χ1) is 17.0. The van der Waals surface area contributed by atoms with Gasteiger partial charge in [0, 0.05) is 25.6 Å². The van der Waals surface area contributed by atoms with E-state index in [1.54, 1.807) is 19.1 Å². The lowest BCUT2D eigenvalue weighted by atomic mass is 10.1. The molecular weight excluding hydrogens is 488 g/mol. The number of anilines is 1. The first-order valence-corrected chi connectivity index (χ1v) is 14.0. The predicted molar refractivity (Wildman–Crippen MR) is 135 cm³/mol. The molecule has 2 aromatic rings. The fraction of sp³-hybridized carbons (Fsp3) is 0.462. The van der Waals surface area contributed by atoms with Crippen LogP contribution in [0.4, 0.5) is 14.5 Å². The highest BCUT2D eigenvalue weighted by Gasteiger charge is 2.28. The van der Waals surface area contributed by atoms with E-state index in [0.29, 0.717) is 11.3 Å². The van der Waals surface area contributed by atoms with Gasteiger partial charge in [-0.25, -0.2) is 17.2 Å². The smallest absolute Gasteiger partial charge is 0.242 e. The number of sulfonamides is 1. The first-order valence-electron chi connectivity index (χ1n) is 12.1. The lowest BCUT2D eigenvalue weighted by molar-refractivity contribution is -0.141. The molecule has 1 atom stereocenters. The van der Waals surface area contributed by atoms with Crippen LogP contribution in [0.15, 0.2) is 48.5 Å². The number of nitrogens with one attached hydrogen (secondary N) is 1. The van der Waals surface area contributed by atoms with Crippen LogP contribution >= 0.6 is 0 Å². The summed E-state index contributed by atoms with van der Waals surface area (Å²) in [6.07, 6.45) is 5.18. The Morgan fingerprint density at radius 2 is 1.56 bits per heavy atom. The van der Waals surface area contributed by atoms with Gasteiger partial charge in [-0.2, -0.15) is 0 Å². The molecule has 2 aromatic carbocycles. The number of hydrogen-bond donors (Lipinski definition) is 1. The van der Waals surface area contributed by atoms with Gasteiger partial charge < -0.3 is 10.2 Å². The largest absolute Gasteiger partial charge is 0.352 e. The van der Waals surface area contributed by atoms with Crippen molar-refractivity contribution < 1.29 is 26.8 Å². The maximum Gasteiger partial charge on any atom is 0.242 e. The monoisotopic (exact) mass is 521 g/mol. The zero-order valence-electron chi connectivity index (χ0n) is 20.6. The Morgan fingerprint density at radius 1 is 1.00 bits per heavy atom. The minimum absolute atomic E-state index is 0.00451. The summed E-state index contributed by atoms with van der Waals surface area (Å²) in [7, 11) is -3.66. The first kappa shape index (κ1) is 27.6. The molecule has 196 valence electrons. The van der Waals surface area contributed by atoms with E-state index >= 15 is 0 Å². The number of benzene rings is 2. The van der Waals surface area contributed by atoms with Crippen LogP contribution in [0.3, 0.4) is 0 Å². The highest BCUT2D eigenvalue weighted by molar-refractivity contribution is 7.92. The van der Waals surface area contributed by atoms with Gasteiger partial charge >= 0.3 is 0 Å². The molecule has 0 spiro atoms. The normalized spacial score (nSPS) is 14.9. The third-order valence-corrected chi connectivity index (χ3v) is 7.60. The summed E-state index contributed by atoms with van der Waals surface area (Å²) in [5, 5.41) is 3.02. The van der Waals surface area contributed by atoms with Crippen molar-refractivity contribution in [3.8, 4) is 0 Å². The molecular formula is C26H33F2N3O4S. The van der Waals surface area contributed by atoms with Gasteiger partial charge in [0.2, 0.25) is 21.8 Å². The molecule has 1 fully saturated rings. The highest BCUT2D eigenvalue weighted by Crippen LogP contribution is 2.21. The molecule has 10 heteroatoms. The average molecular weight is 522 g/mol. The summed E-state index contributed by atoms with van der Waals surface area (Å²) in [5.74, 6) is -1.45. The van der Waals surface area contributed by atoms with Gasteiger partial charge in [-0.3, -0.25) is 13.9 Å². The number of amides is 2. The highest BCUT2D eigenvalue weighted by atomic mass is 32.2. The molecule has 0 radical (unpaired) electrons. The number of halogens is 2. The predicted octanol–water partition coefficient (Wildman–Crippen LogP) is 3.99. The van der Waals surface area contributed by atoms with Gasteiger partial charge in [0.1, 0.15) is 17.7 Å². The number of carbonyl (C=O) groups excluding carboxylic acids is 2. The van der Waals surface area contributed by atoms with Crippen LogP contribution in [-0.4, -0.2) is 50.0 Å². The molecule has 1 N–H and O–H groups in total. The third-order valence-electron chi connectivity index (χ3n) is 6.40. The molecule has 1 unspecified atom stereocenters. The molecule has 7 nitrogen and oxygen atoms in total. The summed E-state index contributed by atoms with van der Waals surface area (Å²) >= 11 is 0. The van der Waals surface area contributed by atoms with Gasteiger partial charge in [-0.15, -0.1) is 0 Å². The van der Waals surface area contributed by atoms with E-state index < -0.39 is 27.7 Å². The zero-order valence-corrected chi connectivity index (χ0v) is 21.4. The summed E-state index contributed by atoms with van der Waals surface area (Å²) in [6.45, 7) is 1.79. The Labute approximate surface area is 211 Å². The van der Waals surface area contributed by atoms with Crippen LogP contribution in [0.1, 0.15) is 51.0 Å². The molecule has 3 rings (SSSR count).